The maximum absolute atomic E-state index is 11.9. The molecule has 4 nitrogen and oxygen atoms in total. The number of hydrogen-bond acceptors (Lipinski definition) is 2. The number of anilines is 1. The minimum absolute atomic E-state index is 0.0999. The van der Waals surface area contributed by atoms with Crippen LogP contribution in [0.4, 0.5) is 10.5 Å². The molecule has 0 unspecified atom stereocenters. The van der Waals surface area contributed by atoms with E-state index in [1.807, 2.05) is 39.0 Å². The molecule has 0 aliphatic heterocycles. The van der Waals surface area contributed by atoms with E-state index in [0.29, 0.717) is 24.5 Å². The van der Waals surface area contributed by atoms with E-state index in [0.717, 1.165) is 5.56 Å². The van der Waals surface area contributed by atoms with Crippen molar-refractivity contribution in [2.75, 3.05) is 25.5 Å². The highest BCUT2D eigenvalue weighted by molar-refractivity contribution is 5.91. The number of urea groups is 1. The van der Waals surface area contributed by atoms with Crippen LogP contribution in [0.15, 0.2) is 18.2 Å². The molecule has 0 radical (unpaired) electrons. The molecule has 0 bridgehead atoms. The first-order chi connectivity index (χ1) is 8.12. The summed E-state index contributed by atoms with van der Waals surface area (Å²) in [4.78, 5) is 13.6. The van der Waals surface area contributed by atoms with E-state index in [-0.39, 0.29) is 6.03 Å². The molecule has 0 spiro atoms. The van der Waals surface area contributed by atoms with Crippen LogP contribution >= 0.6 is 0 Å². The van der Waals surface area contributed by atoms with Crippen LogP contribution in [0, 0.1) is 6.92 Å². The lowest BCUT2D eigenvalue weighted by atomic mass is 10.2. The second-order valence-corrected chi connectivity index (χ2v) is 3.81. The number of carbonyl (C=O) groups is 1. The van der Waals surface area contributed by atoms with E-state index < -0.39 is 0 Å². The Morgan fingerprint density at radius 3 is 2.53 bits per heavy atom. The fraction of sp³-hybridized carbons (Fsp3) is 0.462. The molecule has 0 aliphatic carbocycles. The summed E-state index contributed by atoms with van der Waals surface area (Å²) in [6, 6.07) is 5.60. The Kier molecular flexibility index (Phi) is 4.82. The van der Waals surface area contributed by atoms with Gasteiger partial charge in [0, 0.05) is 13.1 Å². The Labute approximate surface area is 103 Å². The second-order valence-electron chi connectivity index (χ2n) is 3.81. The Hall–Kier alpha value is -1.71. The lowest BCUT2D eigenvalue weighted by Crippen LogP contribution is -2.34. The molecule has 0 saturated heterocycles. The van der Waals surface area contributed by atoms with Crippen LogP contribution < -0.4 is 10.1 Å². The van der Waals surface area contributed by atoms with Crippen molar-refractivity contribution in [2.24, 2.45) is 0 Å². The highest BCUT2D eigenvalue weighted by atomic mass is 16.5. The topological polar surface area (TPSA) is 41.6 Å². The first-order valence-electron chi connectivity index (χ1n) is 5.82. The molecular formula is C13H20N2O2. The van der Waals surface area contributed by atoms with Crippen LogP contribution in [0.2, 0.25) is 0 Å². The molecule has 1 aromatic carbocycles. The molecule has 0 aromatic heterocycles. The summed E-state index contributed by atoms with van der Waals surface area (Å²) in [5, 5.41) is 2.85. The second kappa shape index (κ2) is 6.13. The maximum Gasteiger partial charge on any atom is 0.321 e. The number of aryl methyl sites for hydroxylation is 1. The minimum atomic E-state index is -0.0999. The van der Waals surface area contributed by atoms with Crippen molar-refractivity contribution in [2.45, 2.75) is 20.8 Å². The predicted molar refractivity (Wildman–Crippen MR) is 69.7 cm³/mol. The highest BCUT2D eigenvalue weighted by Crippen LogP contribution is 2.25. The molecule has 0 atom stereocenters. The van der Waals surface area contributed by atoms with Gasteiger partial charge in [-0.2, -0.15) is 0 Å². The summed E-state index contributed by atoms with van der Waals surface area (Å²) in [7, 11) is 1.60. The van der Waals surface area contributed by atoms with Crippen LogP contribution in [0.25, 0.3) is 0 Å². The van der Waals surface area contributed by atoms with Gasteiger partial charge in [-0.15, -0.1) is 0 Å². The number of hydrogen-bond donors (Lipinski definition) is 1. The molecule has 94 valence electrons. The van der Waals surface area contributed by atoms with Crippen molar-refractivity contribution in [3.05, 3.63) is 23.8 Å². The van der Waals surface area contributed by atoms with Gasteiger partial charge in [-0.05, 0) is 38.5 Å². The third-order valence-electron chi connectivity index (χ3n) is 2.65. The van der Waals surface area contributed by atoms with E-state index in [9.17, 15) is 4.79 Å². The Morgan fingerprint density at radius 2 is 2.00 bits per heavy atom. The van der Waals surface area contributed by atoms with Gasteiger partial charge in [0.2, 0.25) is 0 Å². The molecule has 17 heavy (non-hydrogen) atoms. The van der Waals surface area contributed by atoms with Gasteiger partial charge in [-0.1, -0.05) is 6.07 Å². The summed E-state index contributed by atoms with van der Waals surface area (Å²) in [5.41, 5.74) is 1.80. The summed E-state index contributed by atoms with van der Waals surface area (Å²) >= 11 is 0. The van der Waals surface area contributed by atoms with Gasteiger partial charge in [0.1, 0.15) is 5.75 Å². The number of benzene rings is 1. The van der Waals surface area contributed by atoms with Crippen molar-refractivity contribution in [1.82, 2.24) is 4.90 Å². The fourth-order valence-corrected chi connectivity index (χ4v) is 1.61. The van der Waals surface area contributed by atoms with Crippen molar-refractivity contribution in [3.8, 4) is 5.75 Å². The number of rotatable bonds is 4. The van der Waals surface area contributed by atoms with Crippen LogP contribution in [0.1, 0.15) is 19.4 Å². The first kappa shape index (κ1) is 13.4. The SMILES string of the molecule is CCN(CC)C(=O)Nc1ccc(C)cc1OC. The number of amides is 2. The average molecular weight is 236 g/mol. The molecule has 0 saturated carbocycles. The molecule has 0 fully saturated rings. The Balaban J connectivity index is 2.84. The average Bonchev–Trinajstić information content (AvgIpc) is 2.33. The van der Waals surface area contributed by atoms with Crippen molar-refractivity contribution < 1.29 is 9.53 Å². The summed E-state index contributed by atoms with van der Waals surface area (Å²) in [5.74, 6) is 0.686. The zero-order valence-electron chi connectivity index (χ0n) is 10.9. The van der Waals surface area contributed by atoms with Crippen LogP contribution in [-0.4, -0.2) is 31.1 Å². The van der Waals surface area contributed by atoms with E-state index in [1.165, 1.54) is 0 Å². The number of ether oxygens (including phenoxy) is 1. The third-order valence-corrected chi connectivity index (χ3v) is 2.65. The van der Waals surface area contributed by atoms with Gasteiger partial charge in [0.05, 0.1) is 12.8 Å². The molecule has 0 heterocycles. The number of nitrogens with one attached hydrogen (secondary N) is 1. The van der Waals surface area contributed by atoms with E-state index in [1.54, 1.807) is 12.0 Å². The Morgan fingerprint density at radius 1 is 1.35 bits per heavy atom. The van der Waals surface area contributed by atoms with Gasteiger partial charge >= 0.3 is 6.03 Å². The lowest BCUT2D eigenvalue weighted by molar-refractivity contribution is 0.217. The maximum atomic E-state index is 11.9. The molecule has 4 heteroatoms. The highest BCUT2D eigenvalue weighted by Gasteiger charge is 2.12. The molecule has 2 amide bonds. The van der Waals surface area contributed by atoms with Crippen molar-refractivity contribution in [3.63, 3.8) is 0 Å². The first-order valence-corrected chi connectivity index (χ1v) is 5.82. The van der Waals surface area contributed by atoms with Crippen LogP contribution in [-0.2, 0) is 0 Å². The van der Waals surface area contributed by atoms with Gasteiger partial charge < -0.3 is 15.0 Å². The van der Waals surface area contributed by atoms with Crippen LogP contribution in [0.3, 0.4) is 0 Å². The van der Waals surface area contributed by atoms with Crippen molar-refractivity contribution in [1.29, 1.82) is 0 Å². The van der Waals surface area contributed by atoms with Crippen LogP contribution in [0.5, 0.6) is 5.75 Å². The van der Waals surface area contributed by atoms with E-state index >= 15 is 0 Å². The van der Waals surface area contributed by atoms with E-state index in [2.05, 4.69) is 5.32 Å². The summed E-state index contributed by atoms with van der Waals surface area (Å²) in [6.45, 7) is 7.27. The normalized spacial score (nSPS) is 9.88. The number of methoxy groups -OCH3 is 1. The van der Waals surface area contributed by atoms with Gasteiger partial charge in [-0.3, -0.25) is 0 Å². The summed E-state index contributed by atoms with van der Waals surface area (Å²) < 4.78 is 5.24. The van der Waals surface area contributed by atoms with Crippen molar-refractivity contribution >= 4 is 11.7 Å². The quantitative estimate of drug-likeness (QED) is 0.873. The molecule has 1 aromatic rings. The fourth-order valence-electron chi connectivity index (χ4n) is 1.61. The smallest absolute Gasteiger partial charge is 0.321 e. The Bertz CT molecular complexity index is 387. The largest absolute Gasteiger partial charge is 0.495 e. The van der Waals surface area contributed by atoms with Gasteiger partial charge in [0.25, 0.3) is 0 Å². The number of nitrogens with zero attached hydrogens (tertiary/aromatic N) is 1. The molecule has 1 N–H and O–H groups in total. The zero-order chi connectivity index (χ0) is 12.8. The molecular weight excluding hydrogens is 216 g/mol. The van der Waals surface area contributed by atoms with Gasteiger partial charge in [-0.25, -0.2) is 4.79 Å². The minimum Gasteiger partial charge on any atom is -0.495 e. The van der Waals surface area contributed by atoms with Gasteiger partial charge in [0.15, 0.2) is 0 Å². The molecule has 1 rings (SSSR count). The third kappa shape index (κ3) is 3.37. The molecule has 0 aliphatic rings. The zero-order valence-corrected chi connectivity index (χ0v) is 10.9. The lowest BCUT2D eigenvalue weighted by Gasteiger charge is -2.20. The standard InChI is InChI=1S/C13H20N2O2/c1-5-15(6-2)13(16)14-11-8-7-10(3)9-12(11)17-4/h7-9H,5-6H2,1-4H3,(H,14,16). The van der Waals surface area contributed by atoms with E-state index in [4.69, 9.17) is 4.74 Å². The number of carbonyl (C=O) groups excluding carboxylic acids is 1. The summed E-state index contributed by atoms with van der Waals surface area (Å²) in [6.07, 6.45) is 0. The predicted octanol–water partition coefficient (Wildman–Crippen LogP) is 2.88. The monoisotopic (exact) mass is 236 g/mol.